The minimum absolute atomic E-state index is 0.357. The van der Waals surface area contributed by atoms with E-state index in [0.717, 1.165) is 56.9 Å². The van der Waals surface area contributed by atoms with Crippen LogP contribution >= 0.6 is 0 Å². The summed E-state index contributed by atoms with van der Waals surface area (Å²) in [5.74, 6) is 1.11. The molecule has 3 heterocycles. The molecule has 2 saturated heterocycles. The maximum Gasteiger partial charge on any atom is 0.222 e. The lowest BCUT2D eigenvalue weighted by atomic mass is 9.92. The number of carbonyl (C=O) groups excluding carboxylic acids is 1. The van der Waals surface area contributed by atoms with Gasteiger partial charge >= 0.3 is 0 Å². The fourth-order valence-corrected chi connectivity index (χ4v) is 4.26. The molecule has 1 amide bonds. The van der Waals surface area contributed by atoms with Gasteiger partial charge in [-0.2, -0.15) is 0 Å². The molecular weight excluding hydrogens is 310 g/mol. The number of nitrogens with zero attached hydrogens (tertiary/aromatic N) is 3. The molecule has 0 bridgehead atoms. The van der Waals surface area contributed by atoms with Gasteiger partial charge in [-0.3, -0.25) is 9.78 Å². The van der Waals surface area contributed by atoms with Crippen molar-refractivity contribution in [3.8, 4) is 0 Å². The highest BCUT2D eigenvalue weighted by Crippen LogP contribution is 2.31. The predicted molar refractivity (Wildman–Crippen MR) is 102 cm³/mol. The molecule has 2 aliphatic rings. The molecule has 4 rings (SSSR count). The fourth-order valence-electron chi connectivity index (χ4n) is 4.26. The number of pyridine rings is 1. The standard InChI is InChI=1S/C21H27N3O/c1-16-4-5-19-18(15-16)20(6-10-22-19)23-12-7-17(8-13-23)9-14-24-11-2-3-21(24)25/h4-6,10,15,17H,2-3,7-9,11-14H2,1H3. The number of fused-ring (bicyclic) bond motifs is 1. The van der Waals surface area contributed by atoms with Crippen LogP contribution in [0, 0.1) is 12.8 Å². The number of hydrogen-bond acceptors (Lipinski definition) is 3. The van der Waals surface area contributed by atoms with Crippen molar-refractivity contribution >= 4 is 22.5 Å². The number of likely N-dealkylation sites (tertiary alicyclic amines) is 1. The third kappa shape index (κ3) is 3.48. The van der Waals surface area contributed by atoms with E-state index in [0.29, 0.717) is 5.91 Å². The maximum absolute atomic E-state index is 11.7. The van der Waals surface area contributed by atoms with Crippen molar-refractivity contribution in [2.45, 2.75) is 39.0 Å². The highest BCUT2D eigenvalue weighted by Gasteiger charge is 2.24. The third-order valence-electron chi connectivity index (χ3n) is 5.81. The molecule has 2 aliphatic heterocycles. The number of piperidine rings is 1. The first kappa shape index (κ1) is 16.4. The summed E-state index contributed by atoms with van der Waals surface area (Å²) in [6.07, 6.45) is 7.34. The Balaban J connectivity index is 1.39. The molecule has 2 fully saturated rings. The largest absolute Gasteiger partial charge is 0.371 e. The Hall–Kier alpha value is -2.10. The lowest BCUT2D eigenvalue weighted by Gasteiger charge is -2.34. The van der Waals surface area contributed by atoms with Gasteiger partial charge in [0.1, 0.15) is 0 Å². The Bertz CT molecular complexity index is 765. The number of benzene rings is 1. The van der Waals surface area contributed by atoms with Crippen LogP contribution in [0.15, 0.2) is 30.5 Å². The van der Waals surface area contributed by atoms with Gasteiger partial charge in [-0.15, -0.1) is 0 Å². The van der Waals surface area contributed by atoms with Crippen LogP contribution < -0.4 is 4.90 Å². The first-order chi connectivity index (χ1) is 12.2. The second-order valence-corrected chi connectivity index (χ2v) is 7.55. The van der Waals surface area contributed by atoms with E-state index in [9.17, 15) is 4.79 Å². The van der Waals surface area contributed by atoms with Gasteiger partial charge in [-0.1, -0.05) is 11.6 Å². The Morgan fingerprint density at radius 2 is 2.00 bits per heavy atom. The summed E-state index contributed by atoms with van der Waals surface area (Å²) in [4.78, 5) is 20.8. The number of anilines is 1. The number of carbonyl (C=O) groups is 1. The molecule has 1 aromatic carbocycles. The first-order valence-electron chi connectivity index (χ1n) is 9.59. The number of rotatable bonds is 4. The van der Waals surface area contributed by atoms with Crippen LogP contribution in [0.25, 0.3) is 10.9 Å². The quantitative estimate of drug-likeness (QED) is 0.852. The second-order valence-electron chi connectivity index (χ2n) is 7.55. The predicted octanol–water partition coefficient (Wildman–Crippen LogP) is 3.77. The van der Waals surface area contributed by atoms with E-state index in [1.807, 2.05) is 6.20 Å². The van der Waals surface area contributed by atoms with Crippen LogP contribution in [0.2, 0.25) is 0 Å². The highest BCUT2D eigenvalue weighted by molar-refractivity contribution is 5.92. The molecule has 25 heavy (non-hydrogen) atoms. The summed E-state index contributed by atoms with van der Waals surface area (Å²) in [5, 5.41) is 1.27. The van der Waals surface area contributed by atoms with Crippen LogP contribution in [-0.4, -0.2) is 42.0 Å². The molecule has 0 atom stereocenters. The molecule has 0 N–H and O–H groups in total. The maximum atomic E-state index is 11.7. The van der Waals surface area contributed by atoms with Gasteiger partial charge in [0.05, 0.1) is 5.52 Å². The Kier molecular flexibility index (Phi) is 4.60. The van der Waals surface area contributed by atoms with Crippen LogP contribution in [0.3, 0.4) is 0 Å². The average molecular weight is 337 g/mol. The molecular formula is C21H27N3O. The lowest BCUT2D eigenvalue weighted by Crippen LogP contribution is -2.35. The number of amides is 1. The number of hydrogen-bond donors (Lipinski definition) is 0. The van der Waals surface area contributed by atoms with Crippen molar-refractivity contribution in [2.24, 2.45) is 5.92 Å². The minimum Gasteiger partial charge on any atom is -0.371 e. The van der Waals surface area contributed by atoms with Crippen LogP contribution in [-0.2, 0) is 4.79 Å². The van der Waals surface area contributed by atoms with E-state index in [2.05, 4.69) is 46.0 Å². The summed E-state index contributed by atoms with van der Waals surface area (Å²) in [5.41, 5.74) is 3.69. The van der Waals surface area contributed by atoms with Crippen molar-refractivity contribution in [3.63, 3.8) is 0 Å². The fraction of sp³-hybridized carbons (Fsp3) is 0.524. The molecule has 1 aromatic heterocycles. The number of aryl methyl sites for hydroxylation is 1. The zero-order chi connectivity index (χ0) is 17.2. The third-order valence-corrected chi connectivity index (χ3v) is 5.81. The van der Waals surface area contributed by atoms with E-state index < -0.39 is 0 Å². The summed E-state index contributed by atoms with van der Waals surface area (Å²) in [6, 6.07) is 8.66. The molecule has 2 aromatic rings. The van der Waals surface area contributed by atoms with E-state index in [4.69, 9.17) is 0 Å². The van der Waals surface area contributed by atoms with Gasteiger partial charge in [-0.05, 0) is 56.7 Å². The van der Waals surface area contributed by atoms with Crippen LogP contribution in [0.4, 0.5) is 5.69 Å². The van der Waals surface area contributed by atoms with Crippen molar-refractivity contribution in [2.75, 3.05) is 31.1 Å². The SMILES string of the molecule is Cc1ccc2nccc(N3CCC(CCN4CCCC4=O)CC3)c2c1. The summed E-state index contributed by atoms with van der Waals surface area (Å²) >= 11 is 0. The second kappa shape index (κ2) is 7.03. The average Bonchev–Trinajstić information content (AvgIpc) is 3.05. The summed E-state index contributed by atoms with van der Waals surface area (Å²) in [6.45, 7) is 6.28. The highest BCUT2D eigenvalue weighted by atomic mass is 16.2. The van der Waals surface area contributed by atoms with Crippen LogP contribution in [0.1, 0.15) is 37.7 Å². The van der Waals surface area contributed by atoms with Gasteiger partial charge in [0.15, 0.2) is 0 Å². The molecule has 132 valence electrons. The zero-order valence-corrected chi connectivity index (χ0v) is 15.1. The van der Waals surface area contributed by atoms with E-state index in [1.165, 1.54) is 29.5 Å². The van der Waals surface area contributed by atoms with Gasteiger partial charge < -0.3 is 9.80 Å². The Morgan fingerprint density at radius 1 is 1.16 bits per heavy atom. The molecule has 0 radical (unpaired) electrons. The summed E-state index contributed by atoms with van der Waals surface area (Å²) < 4.78 is 0. The first-order valence-corrected chi connectivity index (χ1v) is 9.59. The summed E-state index contributed by atoms with van der Waals surface area (Å²) in [7, 11) is 0. The topological polar surface area (TPSA) is 36.4 Å². The van der Waals surface area contributed by atoms with E-state index in [-0.39, 0.29) is 0 Å². The molecule has 4 nitrogen and oxygen atoms in total. The lowest BCUT2D eigenvalue weighted by molar-refractivity contribution is -0.127. The smallest absolute Gasteiger partial charge is 0.222 e. The van der Waals surface area contributed by atoms with Crippen LogP contribution in [0.5, 0.6) is 0 Å². The Labute approximate surface area is 149 Å². The van der Waals surface area contributed by atoms with Crippen molar-refractivity contribution in [1.29, 1.82) is 0 Å². The minimum atomic E-state index is 0.357. The van der Waals surface area contributed by atoms with Crippen molar-refractivity contribution < 1.29 is 4.79 Å². The molecule has 0 spiro atoms. The molecule has 4 heteroatoms. The molecule has 0 unspecified atom stereocenters. The molecule has 0 aliphatic carbocycles. The van der Waals surface area contributed by atoms with Gasteiger partial charge in [-0.25, -0.2) is 0 Å². The Morgan fingerprint density at radius 3 is 2.76 bits per heavy atom. The van der Waals surface area contributed by atoms with E-state index in [1.54, 1.807) is 0 Å². The van der Waals surface area contributed by atoms with Gasteiger partial charge in [0.2, 0.25) is 5.91 Å². The monoisotopic (exact) mass is 337 g/mol. The van der Waals surface area contributed by atoms with Gasteiger partial charge in [0, 0.05) is 49.9 Å². The van der Waals surface area contributed by atoms with E-state index >= 15 is 0 Å². The molecule has 0 saturated carbocycles. The van der Waals surface area contributed by atoms with Crippen molar-refractivity contribution in [3.05, 3.63) is 36.0 Å². The number of aromatic nitrogens is 1. The van der Waals surface area contributed by atoms with Gasteiger partial charge in [0.25, 0.3) is 0 Å². The zero-order valence-electron chi connectivity index (χ0n) is 15.1. The van der Waals surface area contributed by atoms with Crippen molar-refractivity contribution in [1.82, 2.24) is 9.88 Å². The normalized spacial score (nSPS) is 19.2.